The van der Waals surface area contributed by atoms with Crippen molar-refractivity contribution in [2.45, 2.75) is 25.0 Å². The lowest BCUT2D eigenvalue weighted by atomic mass is 9.97. The molecule has 0 radical (unpaired) electrons. The topological polar surface area (TPSA) is 117 Å². The number of aromatic hydroxyl groups is 1. The van der Waals surface area contributed by atoms with Crippen molar-refractivity contribution in [3.63, 3.8) is 0 Å². The summed E-state index contributed by atoms with van der Waals surface area (Å²) in [6.45, 7) is 0.215. The summed E-state index contributed by atoms with van der Waals surface area (Å²) in [4.78, 5) is 0. The summed E-state index contributed by atoms with van der Waals surface area (Å²) >= 11 is 12.6. The molecule has 0 heterocycles. The van der Waals surface area contributed by atoms with Gasteiger partial charge in [0.15, 0.2) is 11.5 Å². The van der Waals surface area contributed by atoms with E-state index in [1.54, 1.807) is 32.4 Å². The van der Waals surface area contributed by atoms with Crippen LogP contribution in [-0.2, 0) is 22.9 Å². The van der Waals surface area contributed by atoms with E-state index in [4.69, 9.17) is 32.7 Å². The van der Waals surface area contributed by atoms with Gasteiger partial charge in [0, 0.05) is 22.6 Å². The molecule has 0 saturated heterocycles. The first-order valence-electron chi connectivity index (χ1n) is 11.4. The molecule has 4 N–H and O–H groups in total. The van der Waals surface area contributed by atoms with Crippen molar-refractivity contribution in [3.8, 4) is 17.2 Å². The minimum Gasteiger partial charge on any atom is -0.506 e. The van der Waals surface area contributed by atoms with E-state index in [1.165, 1.54) is 12.1 Å². The van der Waals surface area contributed by atoms with Gasteiger partial charge in [0.2, 0.25) is 10.0 Å². The van der Waals surface area contributed by atoms with Crippen LogP contribution < -0.4 is 19.5 Å². The number of anilines is 1. The minimum absolute atomic E-state index is 0.0546. The Bertz CT molecular complexity index is 1340. The lowest BCUT2D eigenvalue weighted by Gasteiger charge is -2.23. The van der Waals surface area contributed by atoms with Crippen LogP contribution in [0, 0.1) is 0 Å². The van der Waals surface area contributed by atoms with Crippen LogP contribution in [0.15, 0.2) is 54.6 Å². The Morgan fingerprint density at radius 2 is 1.68 bits per heavy atom. The van der Waals surface area contributed by atoms with Crippen LogP contribution in [0.1, 0.15) is 22.7 Å². The van der Waals surface area contributed by atoms with Gasteiger partial charge in [-0.05, 0) is 72.0 Å². The Labute approximate surface area is 227 Å². The molecule has 8 nitrogen and oxygen atoms in total. The lowest BCUT2D eigenvalue weighted by Crippen LogP contribution is -2.32. The predicted octanol–water partition coefficient (Wildman–Crippen LogP) is 4.56. The number of benzene rings is 3. The van der Waals surface area contributed by atoms with Gasteiger partial charge in [0.05, 0.1) is 32.3 Å². The summed E-state index contributed by atoms with van der Waals surface area (Å²) < 4.78 is 36.2. The number of hydrogen-bond acceptors (Lipinski definition) is 7. The third-order valence-electron chi connectivity index (χ3n) is 5.67. The first kappa shape index (κ1) is 28.9. The summed E-state index contributed by atoms with van der Waals surface area (Å²) in [5.74, 6) is 0.963. The van der Waals surface area contributed by atoms with E-state index in [1.807, 2.05) is 24.3 Å². The maximum Gasteiger partial charge on any atom is 0.229 e. The highest BCUT2D eigenvalue weighted by Crippen LogP contribution is 2.33. The molecule has 0 bridgehead atoms. The fraction of sp³-hybridized carbons (Fsp3) is 0.308. The van der Waals surface area contributed by atoms with Crippen LogP contribution in [0.25, 0.3) is 0 Å². The van der Waals surface area contributed by atoms with Crippen molar-refractivity contribution >= 4 is 38.9 Å². The minimum atomic E-state index is -3.57. The average molecular weight is 570 g/mol. The van der Waals surface area contributed by atoms with Gasteiger partial charge in [-0.2, -0.15) is 0 Å². The standard InChI is InChI=1S/C26H30Cl2N2O6S/c1-35-25-9-5-17(14-26(25)36-2)22(13-18-12-19(27)6-7-21(18)28)29-15-20(31)10-16-4-8-24(32)23(11-16)30-37(3,33)34/h4-9,11-12,14,20,22,29-32H,10,13,15H2,1-3H3. The highest BCUT2D eigenvalue weighted by Gasteiger charge is 2.19. The van der Waals surface area contributed by atoms with Crippen LogP contribution in [-0.4, -0.2) is 51.8 Å². The number of phenols is 1. The second-order valence-electron chi connectivity index (χ2n) is 8.60. The second-order valence-corrected chi connectivity index (χ2v) is 11.2. The molecule has 0 aliphatic rings. The zero-order valence-electron chi connectivity index (χ0n) is 20.7. The van der Waals surface area contributed by atoms with E-state index >= 15 is 0 Å². The molecule has 0 aromatic heterocycles. The first-order chi connectivity index (χ1) is 17.5. The van der Waals surface area contributed by atoms with Gasteiger partial charge in [-0.25, -0.2) is 8.42 Å². The number of sulfonamides is 1. The molecule has 0 spiro atoms. The van der Waals surface area contributed by atoms with Crippen molar-refractivity contribution in [2.75, 3.05) is 31.7 Å². The predicted molar refractivity (Wildman–Crippen MR) is 147 cm³/mol. The van der Waals surface area contributed by atoms with E-state index in [0.29, 0.717) is 33.5 Å². The molecule has 3 aromatic rings. The molecule has 0 aliphatic carbocycles. The second kappa shape index (κ2) is 12.7. The number of hydrogen-bond donors (Lipinski definition) is 4. The molecule has 0 saturated carbocycles. The molecule has 0 aliphatic heterocycles. The Morgan fingerprint density at radius 1 is 0.946 bits per heavy atom. The van der Waals surface area contributed by atoms with Crippen molar-refractivity contribution in [1.82, 2.24) is 5.32 Å². The molecule has 2 atom stereocenters. The highest BCUT2D eigenvalue weighted by atomic mass is 35.5. The molecule has 37 heavy (non-hydrogen) atoms. The third-order valence-corrected chi connectivity index (χ3v) is 6.86. The number of phenolic OH excluding ortho intramolecular Hbond substituents is 1. The molecule has 2 unspecified atom stereocenters. The third kappa shape index (κ3) is 8.41. The van der Waals surface area contributed by atoms with Crippen LogP contribution in [0.5, 0.6) is 17.2 Å². The van der Waals surface area contributed by atoms with Crippen LogP contribution in [0.3, 0.4) is 0 Å². The van der Waals surface area contributed by atoms with Crippen LogP contribution in [0.4, 0.5) is 5.69 Å². The van der Waals surface area contributed by atoms with E-state index in [9.17, 15) is 18.6 Å². The monoisotopic (exact) mass is 568 g/mol. The Kier molecular flexibility index (Phi) is 9.92. The van der Waals surface area contributed by atoms with Gasteiger partial charge in [-0.15, -0.1) is 0 Å². The molecular formula is C26H30Cl2N2O6S. The molecule has 0 amide bonds. The summed E-state index contributed by atoms with van der Waals surface area (Å²) in [6.07, 6.45) is 0.900. The maximum atomic E-state index is 11.6. The average Bonchev–Trinajstić information content (AvgIpc) is 2.84. The number of aliphatic hydroxyl groups is 1. The molecule has 3 rings (SSSR count). The van der Waals surface area contributed by atoms with Crippen molar-refractivity contribution < 1.29 is 28.1 Å². The smallest absolute Gasteiger partial charge is 0.229 e. The largest absolute Gasteiger partial charge is 0.506 e. The quantitative estimate of drug-likeness (QED) is 0.236. The van der Waals surface area contributed by atoms with Gasteiger partial charge in [-0.3, -0.25) is 4.72 Å². The van der Waals surface area contributed by atoms with Crippen molar-refractivity contribution in [2.24, 2.45) is 0 Å². The highest BCUT2D eigenvalue weighted by molar-refractivity contribution is 7.92. The summed E-state index contributed by atoms with van der Waals surface area (Å²) in [6, 6.07) is 15.1. The van der Waals surface area contributed by atoms with E-state index in [2.05, 4.69) is 10.0 Å². The Morgan fingerprint density at radius 3 is 2.35 bits per heavy atom. The maximum absolute atomic E-state index is 11.6. The number of rotatable bonds is 12. The summed E-state index contributed by atoms with van der Waals surface area (Å²) in [7, 11) is -0.442. The zero-order valence-corrected chi connectivity index (χ0v) is 23.0. The first-order valence-corrected chi connectivity index (χ1v) is 14.0. The van der Waals surface area contributed by atoms with Gasteiger partial charge in [0.1, 0.15) is 5.75 Å². The number of aliphatic hydroxyl groups excluding tert-OH is 1. The lowest BCUT2D eigenvalue weighted by molar-refractivity contribution is 0.167. The fourth-order valence-corrected chi connectivity index (χ4v) is 4.86. The van der Waals surface area contributed by atoms with Gasteiger partial charge >= 0.3 is 0 Å². The zero-order chi connectivity index (χ0) is 27.2. The SMILES string of the molecule is COc1ccc(C(Cc2cc(Cl)ccc2Cl)NCC(O)Cc2ccc(O)c(NS(C)(=O)=O)c2)cc1OC. The Hall–Kier alpha value is -2.69. The van der Waals surface area contributed by atoms with Gasteiger partial charge in [-0.1, -0.05) is 35.3 Å². The molecule has 0 fully saturated rings. The number of methoxy groups -OCH3 is 2. The van der Waals surface area contributed by atoms with E-state index < -0.39 is 16.1 Å². The van der Waals surface area contributed by atoms with Crippen LogP contribution in [0.2, 0.25) is 10.0 Å². The van der Waals surface area contributed by atoms with Gasteiger partial charge < -0.3 is 25.0 Å². The number of halogens is 2. The number of nitrogens with one attached hydrogen (secondary N) is 2. The fourth-order valence-electron chi connectivity index (χ4n) is 3.91. The van der Waals surface area contributed by atoms with E-state index in [-0.39, 0.29) is 30.4 Å². The normalized spacial score (nSPS) is 13.1. The number of ether oxygens (including phenoxy) is 2. The van der Waals surface area contributed by atoms with Gasteiger partial charge in [0.25, 0.3) is 0 Å². The Balaban J connectivity index is 1.80. The summed E-state index contributed by atoms with van der Waals surface area (Å²) in [5, 5.41) is 25.3. The molecular weight excluding hydrogens is 539 g/mol. The summed E-state index contributed by atoms with van der Waals surface area (Å²) in [5.41, 5.74) is 2.44. The molecule has 200 valence electrons. The van der Waals surface area contributed by atoms with Crippen LogP contribution >= 0.6 is 23.2 Å². The van der Waals surface area contributed by atoms with E-state index in [0.717, 1.165) is 17.4 Å². The van der Waals surface area contributed by atoms with Crippen molar-refractivity contribution in [3.05, 3.63) is 81.3 Å². The van der Waals surface area contributed by atoms with Crippen molar-refractivity contribution in [1.29, 1.82) is 0 Å². The molecule has 3 aromatic carbocycles. The molecule has 11 heteroatoms.